The first-order chi connectivity index (χ1) is 10.7. The molecule has 0 heterocycles. The number of ether oxygens (including phenoxy) is 1. The Morgan fingerprint density at radius 3 is 2.77 bits per heavy atom. The zero-order valence-corrected chi connectivity index (χ0v) is 12.5. The average Bonchev–Trinajstić information content (AvgIpc) is 2.55. The van der Waals surface area contributed by atoms with Crippen molar-refractivity contribution in [3.8, 4) is 5.75 Å². The van der Waals surface area contributed by atoms with Crippen molar-refractivity contribution in [2.45, 2.75) is 13.3 Å². The van der Waals surface area contributed by atoms with Crippen molar-refractivity contribution < 1.29 is 14.3 Å². The molecule has 1 amide bonds. The molecule has 2 aromatic carbocycles. The van der Waals surface area contributed by atoms with Crippen LogP contribution in [0.5, 0.6) is 5.75 Å². The van der Waals surface area contributed by atoms with Gasteiger partial charge in [-0.3, -0.25) is 9.59 Å². The number of nitrogens with one attached hydrogen (secondary N) is 1. The number of aldehydes is 1. The van der Waals surface area contributed by atoms with E-state index in [1.807, 2.05) is 12.1 Å². The average molecular weight is 297 g/mol. The monoisotopic (exact) mass is 297 g/mol. The third kappa shape index (κ3) is 4.74. The Morgan fingerprint density at radius 2 is 2.00 bits per heavy atom. The summed E-state index contributed by atoms with van der Waals surface area (Å²) in [6.45, 7) is 2.57. The van der Waals surface area contributed by atoms with Gasteiger partial charge in [-0.15, -0.1) is 0 Å². The summed E-state index contributed by atoms with van der Waals surface area (Å²) in [5.74, 6) is 0.337. The number of benzene rings is 2. The molecule has 0 aliphatic carbocycles. The van der Waals surface area contributed by atoms with Gasteiger partial charge >= 0.3 is 0 Å². The quantitative estimate of drug-likeness (QED) is 0.799. The van der Waals surface area contributed by atoms with E-state index in [1.165, 1.54) is 11.1 Å². The lowest BCUT2D eigenvalue weighted by atomic mass is 10.1. The second-order valence-corrected chi connectivity index (χ2v) is 5.01. The third-order valence-corrected chi connectivity index (χ3v) is 3.34. The Kier molecular flexibility index (Phi) is 5.72. The fourth-order valence-corrected chi connectivity index (χ4v) is 2.10. The molecule has 0 aliphatic heterocycles. The zero-order valence-electron chi connectivity index (χ0n) is 12.5. The van der Waals surface area contributed by atoms with Crippen LogP contribution in [0.4, 0.5) is 0 Å². The second-order valence-electron chi connectivity index (χ2n) is 5.01. The van der Waals surface area contributed by atoms with Gasteiger partial charge in [-0.05, 0) is 36.6 Å². The van der Waals surface area contributed by atoms with E-state index in [-0.39, 0.29) is 12.5 Å². The number of rotatable bonds is 7. The van der Waals surface area contributed by atoms with Gasteiger partial charge in [0.25, 0.3) is 5.91 Å². The summed E-state index contributed by atoms with van der Waals surface area (Å²) in [6.07, 6.45) is 1.54. The fourth-order valence-electron chi connectivity index (χ4n) is 2.10. The number of hydrogen-bond acceptors (Lipinski definition) is 3. The molecular formula is C18H19NO3. The number of carbonyl (C=O) groups is 2. The van der Waals surface area contributed by atoms with Crippen LogP contribution >= 0.6 is 0 Å². The molecule has 0 aliphatic rings. The molecule has 4 heteroatoms. The maximum atomic E-state index is 11.7. The van der Waals surface area contributed by atoms with Crippen LogP contribution in [0, 0.1) is 6.92 Å². The van der Waals surface area contributed by atoms with Crippen molar-refractivity contribution in [1.82, 2.24) is 5.32 Å². The van der Waals surface area contributed by atoms with Crippen molar-refractivity contribution in [3.05, 3.63) is 65.2 Å². The minimum absolute atomic E-state index is 0.0594. The van der Waals surface area contributed by atoms with Crippen molar-refractivity contribution >= 4 is 12.2 Å². The van der Waals surface area contributed by atoms with Crippen LogP contribution in [-0.4, -0.2) is 25.3 Å². The Morgan fingerprint density at radius 1 is 1.18 bits per heavy atom. The van der Waals surface area contributed by atoms with Gasteiger partial charge < -0.3 is 10.1 Å². The topological polar surface area (TPSA) is 55.4 Å². The molecule has 0 fully saturated rings. The van der Waals surface area contributed by atoms with Crippen molar-refractivity contribution in [2.24, 2.45) is 0 Å². The largest absolute Gasteiger partial charge is 0.484 e. The molecule has 1 N–H and O–H groups in total. The number of hydrogen-bond donors (Lipinski definition) is 1. The predicted octanol–water partition coefficient (Wildman–Crippen LogP) is 2.55. The molecule has 114 valence electrons. The summed E-state index contributed by atoms with van der Waals surface area (Å²) in [4.78, 5) is 22.4. The number of carbonyl (C=O) groups excluding carboxylic acids is 2. The van der Waals surface area contributed by atoms with Crippen LogP contribution in [0.15, 0.2) is 48.5 Å². The molecule has 0 spiro atoms. The first-order valence-electron chi connectivity index (χ1n) is 7.18. The lowest BCUT2D eigenvalue weighted by molar-refractivity contribution is -0.123. The van der Waals surface area contributed by atoms with Crippen LogP contribution in [-0.2, 0) is 11.2 Å². The van der Waals surface area contributed by atoms with Gasteiger partial charge in [0, 0.05) is 12.1 Å². The molecule has 0 saturated carbocycles. The first-order valence-corrected chi connectivity index (χ1v) is 7.18. The molecule has 4 nitrogen and oxygen atoms in total. The zero-order chi connectivity index (χ0) is 15.8. The molecule has 0 unspecified atom stereocenters. The van der Waals surface area contributed by atoms with Gasteiger partial charge in [0.1, 0.15) is 12.0 Å². The smallest absolute Gasteiger partial charge is 0.257 e. The maximum Gasteiger partial charge on any atom is 0.257 e. The van der Waals surface area contributed by atoms with Gasteiger partial charge in [-0.25, -0.2) is 0 Å². The van der Waals surface area contributed by atoms with E-state index in [0.717, 1.165) is 12.7 Å². The van der Waals surface area contributed by atoms with E-state index in [0.29, 0.717) is 17.9 Å². The van der Waals surface area contributed by atoms with Crippen LogP contribution in [0.25, 0.3) is 0 Å². The van der Waals surface area contributed by atoms with E-state index < -0.39 is 0 Å². The summed E-state index contributed by atoms with van der Waals surface area (Å²) in [5.41, 5.74) is 2.97. The number of amides is 1. The van der Waals surface area contributed by atoms with Gasteiger partial charge in [-0.1, -0.05) is 36.4 Å². The molecular weight excluding hydrogens is 278 g/mol. The first kappa shape index (κ1) is 15.8. The molecule has 2 rings (SSSR count). The third-order valence-electron chi connectivity index (χ3n) is 3.34. The fraction of sp³-hybridized carbons (Fsp3) is 0.222. The highest BCUT2D eigenvalue weighted by Crippen LogP contribution is 2.11. The highest BCUT2D eigenvalue weighted by molar-refractivity contribution is 5.78. The summed E-state index contributed by atoms with van der Waals surface area (Å²) < 4.78 is 5.37. The standard InChI is InChI=1S/C18H19NO3/c1-14-5-2-3-7-16(14)9-10-19-18(21)13-22-17-8-4-6-15(11-17)12-20/h2-8,11-12H,9-10,13H2,1H3,(H,19,21). The van der Waals surface area contributed by atoms with Crippen LogP contribution in [0.3, 0.4) is 0 Å². The van der Waals surface area contributed by atoms with Gasteiger partial charge in [0.2, 0.25) is 0 Å². The van der Waals surface area contributed by atoms with E-state index >= 15 is 0 Å². The van der Waals surface area contributed by atoms with Gasteiger partial charge in [0.15, 0.2) is 6.61 Å². The van der Waals surface area contributed by atoms with Crippen LogP contribution in [0.2, 0.25) is 0 Å². The summed E-state index contributed by atoms with van der Waals surface area (Å²) >= 11 is 0. The summed E-state index contributed by atoms with van der Waals surface area (Å²) in [6, 6.07) is 14.8. The van der Waals surface area contributed by atoms with Gasteiger partial charge in [0.05, 0.1) is 0 Å². The second kappa shape index (κ2) is 7.98. The van der Waals surface area contributed by atoms with Crippen molar-refractivity contribution in [2.75, 3.05) is 13.2 Å². The summed E-state index contributed by atoms with van der Waals surface area (Å²) in [7, 11) is 0. The highest BCUT2D eigenvalue weighted by atomic mass is 16.5. The molecule has 2 aromatic rings. The molecule has 0 aromatic heterocycles. The molecule has 0 radical (unpaired) electrons. The van der Waals surface area contributed by atoms with Crippen LogP contribution in [0.1, 0.15) is 21.5 Å². The van der Waals surface area contributed by atoms with Crippen LogP contribution < -0.4 is 10.1 Å². The van der Waals surface area contributed by atoms with Crippen molar-refractivity contribution in [1.29, 1.82) is 0 Å². The lowest BCUT2D eigenvalue weighted by Gasteiger charge is -2.09. The minimum Gasteiger partial charge on any atom is -0.484 e. The van der Waals surface area contributed by atoms with E-state index in [9.17, 15) is 9.59 Å². The SMILES string of the molecule is Cc1ccccc1CCNC(=O)COc1cccc(C=O)c1. The summed E-state index contributed by atoms with van der Waals surface area (Å²) in [5, 5.41) is 2.82. The Balaban J connectivity index is 1.74. The Hall–Kier alpha value is -2.62. The van der Waals surface area contributed by atoms with E-state index in [4.69, 9.17) is 4.74 Å². The van der Waals surface area contributed by atoms with E-state index in [1.54, 1.807) is 24.3 Å². The van der Waals surface area contributed by atoms with E-state index in [2.05, 4.69) is 24.4 Å². The predicted molar refractivity (Wildman–Crippen MR) is 85.2 cm³/mol. The van der Waals surface area contributed by atoms with Gasteiger partial charge in [-0.2, -0.15) is 0 Å². The maximum absolute atomic E-state index is 11.7. The number of aryl methyl sites for hydroxylation is 1. The Bertz CT molecular complexity index is 652. The Labute approximate surface area is 130 Å². The minimum atomic E-state index is -0.176. The van der Waals surface area contributed by atoms with Crippen molar-refractivity contribution in [3.63, 3.8) is 0 Å². The normalized spacial score (nSPS) is 10.0. The molecule has 0 atom stereocenters. The highest BCUT2D eigenvalue weighted by Gasteiger charge is 2.04. The molecule has 0 saturated heterocycles. The molecule has 22 heavy (non-hydrogen) atoms. The molecule has 0 bridgehead atoms. The lowest BCUT2D eigenvalue weighted by Crippen LogP contribution is -2.30.